The lowest BCUT2D eigenvalue weighted by molar-refractivity contribution is 0.112. The lowest BCUT2D eigenvalue weighted by atomic mass is 10.2. The molecular weight excluding hydrogens is 243 g/mol. The van der Waals surface area contributed by atoms with E-state index in [4.69, 9.17) is 0 Å². The standard InChI is InChI=1S/C15H11FN2O/c1-10-4-2-7-14-13(9-19)17-15(18(10)14)11-5-3-6-12(16)8-11/h2-9H,1H3. The SMILES string of the molecule is Cc1cccc2c(C=O)nc(-c3cccc(F)c3)n12. The Kier molecular flexibility index (Phi) is 2.63. The van der Waals surface area contributed by atoms with Gasteiger partial charge in [-0.05, 0) is 31.2 Å². The Labute approximate surface area is 109 Å². The Bertz CT molecular complexity index is 777. The molecule has 0 amide bonds. The number of imidazole rings is 1. The van der Waals surface area contributed by atoms with Crippen molar-refractivity contribution in [1.29, 1.82) is 0 Å². The number of hydrogen-bond acceptors (Lipinski definition) is 2. The third-order valence-electron chi connectivity index (χ3n) is 3.08. The summed E-state index contributed by atoms with van der Waals surface area (Å²) in [5, 5.41) is 0. The molecule has 94 valence electrons. The zero-order valence-electron chi connectivity index (χ0n) is 10.3. The molecule has 0 N–H and O–H groups in total. The van der Waals surface area contributed by atoms with Gasteiger partial charge in [-0.25, -0.2) is 9.37 Å². The molecule has 3 aromatic rings. The van der Waals surface area contributed by atoms with Gasteiger partial charge in [-0.2, -0.15) is 0 Å². The molecule has 0 aliphatic heterocycles. The van der Waals surface area contributed by atoms with E-state index in [9.17, 15) is 9.18 Å². The third kappa shape index (κ3) is 1.81. The molecule has 0 radical (unpaired) electrons. The minimum Gasteiger partial charge on any atom is -0.296 e. The van der Waals surface area contributed by atoms with Crippen molar-refractivity contribution in [2.45, 2.75) is 6.92 Å². The molecule has 0 fully saturated rings. The van der Waals surface area contributed by atoms with E-state index in [0.717, 1.165) is 17.5 Å². The summed E-state index contributed by atoms with van der Waals surface area (Å²) in [5.74, 6) is 0.255. The molecule has 3 nitrogen and oxygen atoms in total. The van der Waals surface area contributed by atoms with Gasteiger partial charge in [0.05, 0.1) is 5.52 Å². The van der Waals surface area contributed by atoms with Crippen LogP contribution in [0.3, 0.4) is 0 Å². The molecule has 0 unspecified atom stereocenters. The summed E-state index contributed by atoms with van der Waals surface area (Å²) in [7, 11) is 0. The molecule has 0 saturated carbocycles. The van der Waals surface area contributed by atoms with Gasteiger partial charge < -0.3 is 0 Å². The smallest absolute Gasteiger partial charge is 0.170 e. The number of halogens is 1. The summed E-state index contributed by atoms with van der Waals surface area (Å²) in [6.45, 7) is 1.92. The predicted octanol–water partition coefficient (Wildman–Crippen LogP) is 3.26. The minimum atomic E-state index is -0.324. The van der Waals surface area contributed by atoms with Crippen molar-refractivity contribution in [1.82, 2.24) is 9.38 Å². The maximum Gasteiger partial charge on any atom is 0.170 e. The maximum absolute atomic E-state index is 13.3. The first kappa shape index (κ1) is 11.6. The molecule has 2 aromatic heterocycles. The first-order chi connectivity index (χ1) is 9.20. The van der Waals surface area contributed by atoms with Gasteiger partial charge in [0.1, 0.15) is 17.3 Å². The first-order valence-corrected chi connectivity index (χ1v) is 5.90. The van der Waals surface area contributed by atoms with Gasteiger partial charge in [-0.3, -0.25) is 9.20 Å². The van der Waals surface area contributed by atoms with Crippen LogP contribution in [0.1, 0.15) is 16.2 Å². The topological polar surface area (TPSA) is 34.4 Å². The predicted molar refractivity (Wildman–Crippen MR) is 70.7 cm³/mol. The van der Waals surface area contributed by atoms with E-state index in [1.54, 1.807) is 12.1 Å². The number of aryl methyl sites for hydroxylation is 1. The van der Waals surface area contributed by atoms with Crippen LogP contribution in [-0.2, 0) is 0 Å². The Balaban J connectivity index is 2.38. The molecule has 19 heavy (non-hydrogen) atoms. The number of benzene rings is 1. The molecule has 0 atom stereocenters. The van der Waals surface area contributed by atoms with Gasteiger partial charge in [0.25, 0.3) is 0 Å². The van der Waals surface area contributed by atoms with Gasteiger partial charge in [0.15, 0.2) is 6.29 Å². The minimum absolute atomic E-state index is 0.324. The van der Waals surface area contributed by atoms with Gasteiger partial charge >= 0.3 is 0 Å². The lowest BCUT2D eigenvalue weighted by Crippen LogP contribution is -1.94. The summed E-state index contributed by atoms with van der Waals surface area (Å²) in [6.07, 6.45) is 0.720. The number of rotatable bonds is 2. The van der Waals surface area contributed by atoms with Crippen LogP contribution in [0, 0.1) is 12.7 Å². The molecule has 0 aliphatic carbocycles. The van der Waals surface area contributed by atoms with Crippen LogP contribution < -0.4 is 0 Å². The monoisotopic (exact) mass is 254 g/mol. The fourth-order valence-corrected chi connectivity index (χ4v) is 2.23. The molecule has 0 spiro atoms. The molecular formula is C15H11FN2O. The van der Waals surface area contributed by atoms with Crippen molar-refractivity contribution >= 4 is 11.8 Å². The second-order valence-corrected chi connectivity index (χ2v) is 4.34. The van der Waals surface area contributed by atoms with Crippen molar-refractivity contribution in [3.8, 4) is 11.4 Å². The number of fused-ring (bicyclic) bond motifs is 1. The average Bonchev–Trinajstić information content (AvgIpc) is 2.79. The van der Waals surface area contributed by atoms with E-state index in [0.29, 0.717) is 17.1 Å². The molecule has 1 aromatic carbocycles. The van der Waals surface area contributed by atoms with E-state index < -0.39 is 0 Å². The quantitative estimate of drug-likeness (QED) is 0.658. The normalized spacial score (nSPS) is 10.8. The lowest BCUT2D eigenvalue weighted by Gasteiger charge is -2.04. The summed E-state index contributed by atoms with van der Waals surface area (Å²) in [6, 6.07) is 11.8. The van der Waals surface area contributed by atoms with Crippen molar-refractivity contribution in [3.63, 3.8) is 0 Å². The van der Waals surface area contributed by atoms with Crippen LogP contribution in [0.5, 0.6) is 0 Å². The number of aldehydes is 1. The summed E-state index contributed by atoms with van der Waals surface area (Å²) in [4.78, 5) is 15.4. The van der Waals surface area contributed by atoms with Crippen LogP contribution in [0.2, 0.25) is 0 Å². The van der Waals surface area contributed by atoms with Crippen LogP contribution >= 0.6 is 0 Å². The molecule has 2 heterocycles. The Morgan fingerprint density at radius 1 is 1.21 bits per heavy atom. The van der Waals surface area contributed by atoms with E-state index in [1.807, 2.05) is 29.5 Å². The summed E-state index contributed by atoms with van der Waals surface area (Å²) >= 11 is 0. The Hall–Kier alpha value is -2.49. The van der Waals surface area contributed by atoms with Crippen molar-refractivity contribution < 1.29 is 9.18 Å². The number of nitrogens with zero attached hydrogens (tertiary/aromatic N) is 2. The highest BCUT2D eigenvalue weighted by Crippen LogP contribution is 2.24. The second-order valence-electron chi connectivity index (χ2n) is 4.34. The zero-order chi connectivity index (χ0) is 13.4. The number of pyridine rings is 1. The maximum atomic E-state index is 13.3. The summed E-state index contributed by atoms with van der Waals surface area (Å²) in [5.41, 5.74) is 2.69. The highest BCUT2D eigenvalue weighted by Gasteiger charge is 2.13. The fraction of sp³-hybridized carbons (Fsp3) is 0.0667. The van der Waals surface area contributed by atoms with Gasteiger partial charge in [0, 0.05) is 11.3 Å². The fourth-order valence-electron chi connectivity index (χ4n) is 2.23. The largest absolute Gasteiger partial charge is 0.296 e. The van der Waals surface area contributed by atoms with Crippen LogP contribution in [0.15, 0.2) is 42.5 Å². The van der Waals surface area contributed by atoms with Crippen LogP contribution in [0.25, 0.3) is 16.9 Å². The molecule has 4 heteroatoms. The Morgan fingerprint density at radius 2 is 2.00 bits per heavy atom. The van der Waals surface area contributed by atoms with Crippen LogP contribution in [-0.4, -0.2) is 15.7 Å². The number of hydrogen-bond donors (Lipinski definition) is 0. The molecule has 0 bridgehead atoms. The van der Waals surface area contributed by atoms with E-state index in [1.165, 1.54) is 12.1 Å². The number of carbonyl (C=O) groups excluding carboxylic acids is 1. The number of aromatic nitrogens is 2. The molecule has 0 aliphatic rings. The first-order valence-electron chi connectivity index (χ1n) is 5.90. The van der Waals surface area contributed by atoms with Gasteiger partial charge in [0.2, 0.25) is 0 Å². The van der Waals surface area contributed by atoms with Gasteiger partial charge in [-0.1, -0.05) is 18.2 Å². The van der Waals surface area contributed by atoms with Crippen LogP contribution in [0.4, 0.5) is 4.39 Å². The highest BCUT2D eigenvalue weighted by molar-refractivity contribution is 5.86. The van der Waals surface area contributed by atoms with Crippen molar-refractivity contribution in [2.75, 3.05) is 0 Å². The molecule has 3 rings (SSSR count). The van der Waals surface area contributed by atoms with Crippen molar-refractivity contribution in [2.24, 2.45) is 0 Å². The highest BCUT2D eigenvalue weighted by atomic mass is 19.1. The second kappa shape index (κ2) is 4.31. The Morgan fingerprint density at radius 3 is 2.74 bits per heavy atom. The average molecular weight is 254 g/mol. The van der Waals surface area contributed by atoms with E-state index in [2.05, 4.69) is 4.98 Å². The third-order valence-corrected chi connectivity index (χ3v) is 3.08. The van der Waals surface area contributed by atoms with E-state index >= 15 is 0 Å². The van der Waals surface area contributed by atoms with E-state index in [-0.39, 0.29) is 5.82 Å². The number of carbonyl (C=O) groups is 1. The van der Waals surface area contributed by atoms with Crippen molar-refractivity contribution in [3.05, 3.63) is 59.7 Å². The molecule has 0 saturated heterocycles. The zero-order valence-corrected chi connectivity index (χ0v) is 10.3. The summed E-state index contributed by atoms with van der Waals surface area (Å²) < 4.78 is 15.2. The van der Waals surface area contributed by atoms with Gasteiger partial charge in [-0.15, -0.1) is 0 Å².